The van der Waals surface area contributed by atoms with Crippen molar-refractivity contribution in [2.75, 3.05) is 25.3 Å². The molecular weight excluding hydrogens is 336 g/mol. The second kappa shape index (κ2) is 6.49. The topological polar surface area (TPSA) is 73.6 Å². The van der Waals surface area contributed by atoms with Gasteiger partial charge in [0.05, 0.1) is 25.5 Å². The van der Waals surface area contributed by atoms with Gasteiger partial charge in [0, 0.05) is 16.2 Å². The molecule has 0 aliphatic rings. The molecule has 0 aliphatic carbocycles. The van der Waals surface area contributed by atoms with Crippen molar-refractivity contribution in [1.29, 1.82) is 0 Å². The van der Waals surface area contributed by atoms with Crippen molar-refractivity contribution in [2.24, 2.45) is 0 Å². The Hall–Kier alpha value is -2.21. The Morgan fingerprint density at radius 2 is 1.76 bits per heavy atom. The van der Waals surface area contributed by atoms with E-state index in [4.69, 9.17) is 15.2 Å². The minimum Gasteiger partial charge on any atom is -0.493 e. The third-order valence-corrected chi connectivity index (χ3v) is 3.61. The molecule has 0 atom stereocenters. The summed E-state index contributed by atoms with van der Waals surface area (Å²) >= 11 is 3.38. The van der Waals surface area contributed by atoms with Crippen molar-refractivity contribution in [3.8, 4) is 11.5 Å². The highest BCUT2D eigenvalue weighted by atomic mass is 79.9. The number of ether oxygens (including phenoxy) is 2. The van der Waals surface area contributed by atoms with Crippen molar-refractivity contribution in [2.45, 2.75) is 0 Å². The third-order valence-electron chi connectivity index (χ3n) is 2.92. The molecule has 0 spiro atoms. The molecular formula is C15H15BrN2O3. The number of amides is 1. The number of carbonyl (C=O) groups is 1. The molecule has 1 amide bonds. The molecule has 110 valence electrons. The molecule has 0 unspecified atom stereocenters. The Morgan fingerprint density at radius 3 is 2.38 bits per heavy atom. The van der Waals surface area contributed by atoms with Crippen LogP contribution in [0.3, 0.4) is 0 Å². The van der Waals surface area contributed by atoms with Gasteiger partial charge in [-0.3, -0.25) is 4.79 Å². The zero-order valence-corrected chi connectivity index (χ0v) is 13.2. The molecule has 0 saturated heterocycles. The maximum atomic E-state index is 12.3. The number of nitrogens with one attached hydrogen (secondary N) is 1. The minimum atomic E-state index is -0.319. The first-order valence-corrected chi connectivity index (χ1v) is 6.93. The molecule has 0 heterocycles. The number of hydrogen-bond acceptors (Lipinski definition) is 4. The summed E-state index contributed by atoms with van der Waals surface area (Å²) in [5.74, 6) is 0.608. The van der Waals surface area contributed by atoms with Crippen molar-refractivity contribution in [3.63, 3.8) is 0 Å². The molecule has 0 saturated carbocycles. The van der Waals surface area contributed by atoms with Crippen LogP contribution in [0.25, 0.3) is 0 Å². The highest BCUT2D eigenvalue weighted by molar-refractivity contribution is 9.10. The summed E-state index contributed by atoms with van der Waals surface area (Å²) < 4.78 is 11.1. The molecule has 0 bridgehead atoms. The predicted molar refractivity (Wildman–Crippen MR) is 86.1 cm³/mol. The van der Waals surface area contributed by atoms with Crippen LogP contribution < -0.4 is 20.5 Å². The fourth-order valence-corrected chi connectivity index (χ4v) is 2.23. The monoisotopic (exact) mass is 350 g/mol. The lowest BCUT2D eigenvalue weighted by molar-refractivity contribution is 0.102. The Labute approximate surface area is 131 Å². The van der Waals surface area contributed by atoms with Gasteiger partial charge in [0.15, 0.2) is 11.5 Å². The van der Waals surface area contributed by atoms with E-state index in [1.54, 1.807) is 18.2 Å². The number of hydrogen-bond donors (Lipinski definition) is 2. The summed E-state index contributed by atoms with van der Waals surface area (Å²) in [5.41, 5.74) is 7.21. The number of para-hydroxylation sites is 1. The highest BCUT2D eigenvalue weighted by Crippen LogP contribution is 2.32. The summed E-state index contributed by atoms with van der Waals surface area (Å²) in [6.45, 7) is 0. The van der Waals surface area contributed by atoms with Gasteiger partial charge in [0.25, 0.3) is 5.91 Å². The fraction of sp³-hybridized carbons (Fsp3) is 0.133. The molecule has 21 heavy (non-hydrogen) atoms. The molecule has 2 rings (SSSR count). The van der Waals surface area contributed by atoms with E-state index in [9.17, 15) is 4.79 Å². The van der Waals surface area contributed by atoms with Crippen LogP contribution >= 0.6 is 15.9 Å². The third kappa shape index (κ3) is 3.28. The molecule has 0 aliphatic heterocycles. The van der Waals surface area contributed by atoms with E-state index in [1.165, 1.54) is 14.2 Å². The predicted octanol–water partition coefficient (Wildman–Crippen LogP) is 3.30. The van der Waals surface area contributed by atoms with Crippen LogP contribution in [0, 0.1) is 0 Å². The standard InChI is InChI=1S/C15H15BrN2O3/c1-20-13-7-9(11(17)8-14(13)21-2)15(19)18-12-6-4-3-5-10(12)16/h3-8H,17H2,1-2H3,(H,18,19). The number of halogens is 1. The van der Waals surface area contributed by atoms with E-state index in [0.717, 1.165) is 4.47 Å². The number of methoxy groups -OCH3 is 2. The minimum absolute atomic E-state index is 0.317. The van der Waals surface area contributed by atoms with Gasteiger partial charge in [-0.05, 0) is 34.1 Å². The molecule has 0 fully saturated rings. The van der Waals surface area contributed by atoms with Crippen LogP contribution in [-0.2, 0) is 0 Å². The van der Waals surface area contributed by atoms with Gasteiger partial charge in [-0.2, -0.15) is 0 Å². The zero-order valence-electron chi connectivity index (χ0n) is 11.6. The number of anilines is 2. The van der Waals surface area contributed by atoms with Crippen LogP contribution in [-0.4, -0.2) is 20.1 Å². The van der Waals surface area contributed by atoms with Gasteiger partial charge >= 0.3 is 0 Å². The first-order chi connectivity index (χ1) is 10.1. The van der Waals surface area contributed by atoms with Gasteiger partial charge in [-0.15, -0.1) is 0 Å². The summed E-state index contributed by atoms with van der Waals surface area (Å²) in [7, 11) is 3.02. The maximum Gasteiger partial charge on any atom is 0.257 e. The summed E-state index contributed by atoms with van der Waals surface area (Å²) in [6, 6.07) is 10.4. The average molecular weight is 351 g/mol. The van der Waals surface area contributed by atoms with Gasteiger partial charge in [-0.25, -0.2) is 0 Å². The lowest BCUT2D eigenvalue weighted by Crippen LogP contribution is -2.14. The normalized spacial score (nSPS) is 10.0. The fourth-order valence-electron chi connectivity index (χ4n) is 1.84. The van der Waals surface area contributed by atoms with Crippen LogP contribution in [0.2, 0.25) is 0 Å². The second-order valence-corrected chi connectivity index (χ2v) is 5.08. The number of rotatable bonds is 4. The molecule has 5 nitrogen and oxygen atoms in total. The van der Waals surface area contributed by atoms with Gasteiger partial charge < -0.3 is 20.5 Å². The Bertz CT molecular complexity index is 674. The van der Waals surface area contributed by atoms with Crippen molar-refractivity contribution < 1.29 is 14.3 Å². The van der Waals surface area contributed by atoms with Gasteiger partial charge in [0.1, 0.15) is 0 Å². The first-order valence-electron chi connectivity index (χ1n) is 6.14. The Balaban J connectivity index is 2.33. The van der Waals surface area contributed by atoms with Crippen LogP contribution in [0.5, 0.6) is 11.5 Å². The maximum absolute atomic E-state index is 12.3. The number of benzene rings is 2. The zero-order chi connectivity index (χ0) is 15.4. The van der Waals surface area contributed by atoms with Crippen LogP contribution in [0.1, 0.15) is 10.4 Å². The average Bonchev–Trinajstić information content (AvgIpc) is 2.49. The first kappa shape index (κ1) is 15.2. The summed E-state index contributed by atoms with van der Waals surface area (Å²) in [6.07, 6.45) is 0. The number of nitrogen functional groups attached to an aromatic ring is 1. The second-order valence-electron chi connectivity index (χ2n) is 4.23. The molecule has 3 N–H and O–H groups in total. The van der Waals surface area contributed by atoms with Gasteiger partial charge in [-0.1, -0.05) is 12.1 Å². The smallest absolute Gasteiger partial charge is 0.257 e. The molecule has 2 aromatic rings. The quantitative estimate of drug-likeness (QED) is 0.829. The molecule has 0 aromatic heterocycles. The van der Waals surface area contributed by atoms with E-state index in [1.807, 2.05) is 18.2 Å². The largest absolute Gasteiger partial charge is 0.493 e. The van der Waals surface area contributed by atoms with Crippen LogP contribution in [0.15, 0.2) is 40.9 Å². The van der Waals surface area contributed by atoms with E-state index in [2.05, 4.69) is 21.2 Å². The highest BCUT2D eigenvalue weighted by Gasteiger charge is 2.16. The number of carbonyl (C=O) groups excluding carboxylic acids is 1. The van der Waals surface area contributed by atoms with Crippen molar-refractivity contribution >= 4 is 33.2 Å². The van der Waals surface area contributed by atoms with Crippen molar-refractivity contribution in [3.05, 3.63) is 46.4 Å². The van der Waals surface area contributed by atoms with Crippen LogP contribution in [0.4, 0.5) is 11.4 Å². The Morgan fingerprint density at radius 1 is 1.14 bits per heavy atom. The van der Waals surface area contributed by atoms with E-state index in [0.29, 0.717) is 28.4 Å². The lowest BCUT2D eigenvalue weighted by atomic mass is 10.1. The summed E-state index contributed by atoms with van der Waals surface area (Å²) in [5, 5.41) is 2.79. The SMILES string of the molecule is COc1cc(N)c(C(=O)Nc2ccccc2Br)cc1OC. The summed E-state index contributed by atoms with van der Waals surface area (Å²) in [4.78, 5) is 12.3. The number of nitrogens with two attached hydrogens (primary N) is 1. The molecule has 6 heteroatoms. The van der Waals surface area contributed by atoms with E-state index < -0.39 is 0 Å². The van der Waals surface area contributed by atoms with Crippen molar-refractivity contribution in [1.82, 2.24) is 0 Å². The van der Waals surface area contributed by atoms with E-state index >= 15 is 0 Å². The van der Waals surface area contributed by atoms with E-state index in [-0.39, 0.29) is 5.91 Å². The molecule has 2 aromatic carbocycles. The lowest BCUT2D eigenvalue weighted by Gasteiger charge is -2.13. The van der Waals surface area contributed by atoms with Gasteiger partial charge in [0.2, 0.25) is 0 Å². The molecule has 0 radical (unpaired) electrons. The Kier molecular flexibility index (Phi) is 4.70.